The predicted molar refractivity (Wildman–Crippen MR) is 107 cm³/mol. The number of aromatic hydroxyl groups is 1. The normalized spacial score (nSPS) is 15.3. The Morgan fingerprint density at radius 1 is 1.15 bits per heavy atom. The monoisotopic (exact) mass is 371 g/mol. The van der Waals surface area contributed by atoms with Crippen LogP contribution in [0.2, 0.25) is 0 Å². The van der Waals surface area contributed by atoms with Gasteiger partial charge in [-0.25, -0.2) is 0 Å². The number of ketones is 1. The summed E-state index contributed by atoms with van der Waals surface area (Å²) in [5.41, 5.74) is 3.79. The van der Waals surface area contributed by atoms with Gasteiger partial charge in [0.15, 0.2) is 5.78 Å². The van der Waals surface area contributed by atoms with Gasteiger partial charge >= 0.3 is 0 Å². The minimum absolute atomic E-state index is 0.169. The van der Waals surface area contributed by atoms with Crippen LogP contribution in [-0.2, 0) is 11.3 Å². The second-order valence-corrected chi connectivity index (χ2v) is 7.10. The minimum Gasteiger partial charge on any atom is -0.506 e. The van der Waals surface area contributed by atoms with Crippen molar-refractivity contribution in [2.75, 3.05) is 51.3 Å². The third-order valence-electron chi connectivity index (χ3n) is 5.35. The fourth-order valence-corrected chi connectivity index (χ4v) is 3.78. The number of rotatable bonds is 7. The highest BCUT2D eigenvalue weighted by molar-refractivity contribution is 5.99. The number of para-hydroxylation sites is 2. The molecule has 0 amide bonds. The topological polar surface area (TPSA) is 57.9 Å². The number of anilines is 1. The Morgan fingerprint density at radius 3 is 2.52 bits per heavy atom. The van der Waals surface area contributed by atoms with Gasteiger partial charge in [0, 0.05) is 56.8 Å². The maximum Gasteiger partial charge on any atom is 0.178 e. The Morgan fingerprint density at radius 2 is 1.85 bits per heavy atom. The molecule has 0 bridgehead atoms. The van der Waals surface area contributed by atoms with Crippen molar-refractivity contribution in [3.63, 3.8) is 0 Å². The lowest BCUT2D eigenvalue weighted by molar-refractivity contribution is 0.0925. The molecule has 0 saturated carbocycles. The van der Waals surface area contributed by atoms with E-state index < -0.39 is 0 Å². The van der Waals surface area contributed by atoms with Crippen LogP contribution < -0.4 is 4.90 Å². The molecular weight excluding hydrogens is 342 g/mol. The Labute approximate surface area is 161 Å². The predicted octanol–water partition coefficient (Wildman–Crippen LogP) is 2.46. The molecule has 1 aromatic heterocycles. The van der Waals surface area contributed by atoms with Gasteiger partial charge in [-0.1, -0.05) is 12.1 Å². The summed E-state index contributed by atoms with van der Waals surface area (Å²) in [5, 5.41) is 10.0. The molecular formula is C21H29N3O3. The van der Waals surface area contributed by atoms with Gasteiger partial charge in [-0.2, -0.15) is 0 Å². The Balaban J connectivity index is 1.59. The van der Waals surface area contributed by atoms with Gasteiger partial charge in [0.25, 0.3) is 0 Å². The first-order chi connectivity index (χ1) is 13.0. The number of hydrogen-bond donors (Lipinski definition) is 1. The largest absolute Gasteiger partial charge is 0.506 e. The van der Waals surface area contributed by atoms with Crippen LogP contribution in [0.3, 0.4) is 0 Å². The molecule has 0 radical (unpaired) electrons. The van der Waals surface area contributed by atoms with Crippen LogP contribution >= 0.6 is 0 Å². The SMILES string of the molecule is COCCn1c(C)cc(C(=O)CN2CCN(c3ccccc3O)CC2)c1C. The van der Waals surface area contributed by atoms with Crippen molar-refractivity contribution in [1.29, 1.82) is 0 Å². The first-order valence-electron chi connectivity index (χ1n) is 9.45. The van der Waals surface area contributed by atoms with Crippen LogP contribution in [0, 0.1) is 13.8 Å². The van der Waals surface area contributed by atoms with E-state index in [0.717, 1.165) is 55.4 Å². The number of nitrogens with zero attached hydrogens (tertiary/aromatic N) is 3. The van der Waals surface area contributed by atoms with Gasteiger partial charge in [0.1, 0.15) is 5.75 Å². The second kappa shape index (κ2) is 8.59. The molecule has 6 nitrogen and oxygen atoms in total. The van der Waals surface area contributed by atoms with E-state index in [4.69, 9.17) is 4.74 Å². The molecule has 2 heterocycles. The number of aryl methyl sites for hydroxylation is 1. The average Bonchev–Trinajstić information content (AvgIpc) is 2.95. The van der Waals surface area contributed by atoms with Crippen molar-refractivity contribution in [3.8, 4) is 5.75 Å². The quantitative estimate of drug-likeness (QED) is 0.758. The van der Waals surface area contributed by atoms with E-state index in [9.17, 15) is 9.90 Å². The van der Waals surface area contributed by atoms with Crippen LogP contribution in [-0.4, -0.2) is 66.8 Å². The zero-order valence-electron chi connectivity index (χ0n) is 16.4. The Bertz CT molecular complexity index is 792. The number of Topliss-reactive ketones (excluding diaryl/α,β-unsaturated/α-hetero) is 1. The highest BCUT2D eigenvalue weighted by atomic mass is 16.5. The van der Waals surface area contributed by atoms with Crippen molar-refractivity contribution in [1.82, 2.24) is 9.47 Å². The van der Waals surface area contributed by atoms with Crippen molar-refractivity contribution >= 4 is 11.5 Å². The molecule has 3 rings (SSSR count). The van der Waals surface area contributed by atoms with E-state index >= 15 is 0 Å². The van der Waals surface area contributed by atoms with E-state index in [1.165, 1.54) is 0 Å². The summed E-state index contributed by atoms with van der Waals surface area (Å²) in [5.74, 6) is 0.480. The number of aromatic nitrogens is 1. The third kappa shape index (κ3) is 4.34. The Kier molecular flexibility index (Phi) is 6.19. The molecule has 0 aliphatic carbocycles. The van der Waals surface area contributed by atoms with E-state index in [1.807, 2.05) is 38.1 Å². The molecule has 27 heavy (non-hydrogen) atoms. The van der Waals surface area contributed by atoms with Gasteiger partial charge in [-0.15, -0.1) is 0 Å². The number of carbonyl (C=O) groups is 1. The first kappa shape index (κ1) is 19.5. The molecule has 1 N–H and O–H groups in total. The van der Waals surface area contributed by atoms with Gasteiger partial charge in [0.2, 0.25) is 0 Å². The van der Waals surface area contributed by atoms with E-state index in [0.29, 0.717) is 18.9 Å². The van der Waals surface area contributed by atoms with Crippen LogP contribution in [0.15, 0.2) is 30.3 Å². The molecule has 1 saturated heterocycles. The number of phenolic OH excluding ortho intramolecular Hbond substituents is 1. The minimum atomic E-state index is 0.169. The fourth-order valence-electron chi connectivity index (χ4n) is 3.78. The smallest absolute Gasteiger partial charge is 0.178 e. The zero-order chi connectivity index (χ0) is 19.4. The molecule has 1 aliphatic heterocycles. The third-order valence-corrected chi connectivity index (χ3v) is 5.35. The van der Waals surface area contributed by atoms with Crippen molar-refractivity contribution in [3.05, 3.63) is 47.3 Å². The number of methoxy groups -OCH3 is 1. The summed E-state index contributed by atoms with van der Waals surface area (Å²) in [7, 11) is 1.69. The van der Waals surface area contributed by atoms with E-state index in [2.05, 4.69) is 14.4 Å². The van der Waals surface area contributed by atoms with E-state index in [1.54, 1.807) is 13.2 Å². The van der Waals surface area contributed by atoms with Crippen molar-refractivity contribution in [2.45, 2.75) is 20.4 Å². The Hall–Kier alpha value is -2.31. The van der Waals surface area contributed by atoms with Crippen LogP contribution in [0.1, 0.15) is 21.7 Å². The number of ether oxygens (including phenoxy) is 1. The maximum atomic E-state index is 12.8. The van der Waals surface area contributed by atoms with Gasteiger partial charge < -0.3 is 19.3 Å². The van der Waals surface area contributed by atoms with Crippen LogP contribution in [0.4, 0.5) is 5.69 Å². The van der Waals surface area contributed by atoms with Crippen LogP contribution in [0.25, 0.3) is 0 Å². The number of benzene rings is 1. The number of phenols is 1. The molecule has 1 fully saturated rings. The summed E-state index contributed by atoms with van der Waals surface area (Å²) in [6.07, 6.45) is 0. The van der Waals surface area contributed by atoms with E-state index in [-0.39, 0.29) is 5.78 Å². The number of piperazine rings is 1. The van der Waals surface area contributed by atoms with Crippen LogP contribution in [0.5, 0.6) is 5.75 Å². The molecule has 1 aliphatic rings. The average molecular weight is 371 g/mol. The zero-order valence-corrected chi connectivity index (χ0v) is 16.4. The molecule has 6 heteroatoms. The second-order valence-electron chi connectivity index (χ2n) is 7.10. The number of carbonyl (C=O) groups excluding carboxylic acids is 1. The van der Waals surface area contributed by atoms with Gasteiger partial charge in [0.05, 0.1) is 18.8 Å². The molecule has 1 aromatic carbocycles. The summed E-state index contributed by atoms with van der Waals surface area (Å²) >= 11 is 0. The van der Waals surface area contributed by atoms with Crippen molar-refractivity contribution in [2.24, 2.45) is 0 Å². The molecule has 2 aromatic rings. The van der Waals surface area contributed by atoms with Crippen molar-refractivity contribution < 1.29 is 14.6 Å². The fraction of sp³-hybridized carbons (Fsp3) is 0.476. The van der Waals surface area contributed by atoms with Gasteiger partial charge in [-0.05, 0) is 32.0 Å². The molecule has 0 unspecified atom stereocenters. The maximum absolute atomic E-state index is 12.8. The molecule has 0 atom stereocenters. The highest BCUT2D eigenvalue weighted by Crippen LogP contribution is 2.27. The summed E-state index contributed by atoms with van der Waals surface area (Å²) < 4.78 is 7.31. The number of hydrogen-bond acceptors (Lipinski definition) is 5. The standard InChI is InChI=1S/C21H29N3O3/c1-16-14-18(17(2)24(16)12-13-27-3)21(26)15-22-8-10-23(11-9-22)19-6-4-5-7-20(19)25/h4-7,14,25H,8-13,15H2,1-3H3. The lowest BCUT2D eigenvalue weighted by Gasteiger charge is -2.35. The first-order valence-corrected chi connectivity index (χ1v) is 9.45. The molecule has 0 spiro atoms. The molecule has 146 valence electrons. The van der Waals surface area contributed by atoms with Gasteiger partial charge in [-0.3, -0.25) is 9.69 Å². The lowest BCUT2D eigenvalue weighted by Crippen LogP contribution is -2.48. The summed E-state index contributed by atoms with van der Waals surface area (Å²) in [6.45, 7) is 9.10. The highest BCUT2D eigenvalue weighted by Gasteiger charge is 2.23. The lowest BCUT2D eigenvalue weighted by atomic mass is 10.1. The summed E-state index contributed by atoms with van der Waals surface area (Å²) in [4.78, 5) is 17.2. The summed E-state index contributed by atoms with van der Waals surface area (Å²) in [6, 6.07) is 9.41.